The van der Waals surface area contributed by atoms with E-state index in [0.29, 0.717) is 0 Å². The zero-order valence-corrected chi connectivity index (χ0v) is 9.34. The van der Waals surface area contributed by atoms with Crippen LogP contribution in [0.25, 0.3) is 0 Å². The summed E-state index contributed by atoms with van der Waals surface area (Å²) in [7, 11) is -2.36. The van der Waals surface area contributed by atoms with Gasteiger partial charge in [-0.05, 0) is 30.0 Å². The smallest absolute Gasteiger partial charge is 0.270 e. The molecule has 0 spiro atoms. The lowest BCUT2D eigenvalue weighted by Gasteiger charge is -2.10. The van der Waals surface area contributed by atoms with Crippen molar-refractivity contribution in [1.82, 2.24) is 4.67 Å². The first kappa shape index (κ1) is 11.3. The van der Waals surface area contributed by atoms with Crippen molar-refractivity contribution in [3.8, 4) is 0 Å². The number of carbonyl (C=O) groups is 2. The van der Waals surface area contributed by atoms with E-state index in [1.807, 2.05) is 0 Å². The van der Waals surface area contributed by atoms with E-state index in [1.165, 1.54) is 0 Å². The lowest BCUT2D eigenvalue weighted by molar-refractivity contribution is -0.133. The molecule has 78 valence electrons. The molecule has 1 aliphatic rings. The molecule has 0 aromatic rings. The molecule has 0 bridgehead atoms. The van der Waals surface area contributed by atoms with Gasteiger partial charge >= 0.3 is 8.18 Å². The van der Waals surface area contributed by atoms with Gasteiger partial charge in [-0.1, -0.05) is 0 Å². The van der Waals surface area contributed by atoms with Crippen LogP contribution in [0.15, 0.2) is 0 Å². The van der Waals surface area contributed by atoms with Gasteiger partial charge in [0.15, 0.2) is 0 Å². The fraction of sp³-hybridized carbons (Fsp3) is 0.750. The molecule has 1 unspecified atom stereocenters. The van der Waals surface area contributed by atoms with Crippen molar-refractivity contribution < 1.29 is 18.7 Å². The minimum Gasteiger partial charge on any atom is -0.270 e. The lowest BCUT2D eigenvalue weighted by atomic mass is 10.2. The van der Waals surface area contributed by atoms with Crippen molar-refractivity contribution in [2.45, 2.75) is 39.2 Å². The van der Waals surface area contributed by atoms with E-state index < -0.39 is 25.6 Å². The van der Waals surface area contributed by atoms with Crippen LogP contribution in [-0.4, -0.2) is 22.1 Å². The van der Waals surface area contributed by atoms with Crippen molar-refractivity contribution >= 4 is 20.0 Å². The fourth-order valence-corrected chi connectivity index (χ4v) is 2.14. The van der Waals surface area contributed by atoms with Crippen LogP contribution in [0.5, 0.6) is 0 Å². The van der Waals surface area contributed by atoms with E-state index in [-0.39, 0.29) is 12.8 Å². The van der Waals surface area contributed by atoms with E-state index in [9.17, 15) is 14.2 Å². The molecule has 0 saturated carbocycles. The van der Waals surface area contributed by atoms with Crippen molar-refractivity contribution in [3.05, 3.63) is 0 Å². The Labute approximate surface area is 83.3 Å². The summed E-state index contributed by atoms with van der Waals surface area (Å²) in [5.41, 5.74) is -0.628. The predicted molar refractivity (Wildman–Crippen MR) is 49.5 cm³/mol. The van der Waals surface area contributed by atoms with Gasteiger partial charge in [-0.15, -0.1) is 4.52 Å². The van der Waals surface area contributed by atoms with Crippen LogP contribution in [0.1, 0.15) is 33.6 Å². The summed E-state index contributed by atoms with van der Waals surface area (Å²) in [5, 5.41) is 0. The second-order valence-corrected chi connectivity index (χ2v) is 5.10. The third-order valence-electron chi connectivity index (χ3n) is 1.54. The quantitative estimate of drug-likeness (QED) is 0.521. The minimum atomic E-state index is -2.36. The molecule has 1 heterocycles. The molecule has 14 heavy (non-hydrogen) atoms. The molecule has 0 aromatic heterocycles. The number of rotatable bonds is 2. The fourth-order valence-electron chi connectivity index (χ4n) is 1.02. The first-order valence-corrected chi connectivity index (χ1v) is 5.46. The third-order valence-corrected chi connectivity index (χ3v) is 3.02. The Morgan fingerprint density at radius 1 is 1.21 bits per heavy atom. The largest absolute Gasteiger partial charge is 0.656 e. The van der Waals surface area contributed by atoms with Gasteiger partial charge in [0.1, 0.15) is 5.60 Å². The summed E-state index contributed by atoms with van der Waals surface area (Å²) >= 11 is 0. The van der Waals surface area contributed by atoms with Crippen LogP contribution in [0.4, 0.5) is 0 Å². The molecule has 0 N–H and O–H groups in total. The van der Waals surface area contributed by atoms with E-state index in [0.717, 1.165) is 4.67 Å². The Bertz CT molecular complexity index is 278. The summed E-state index contributed by atoms with van der Waals surface area (Å²) in [4.78, 5) is 22.3. The molecule has 1 rings (SSSR count). The normalized spacial score (nSPS) is 19.1. The summed E-state index contributed by atoms with van der Waals surface area (Å²) in [6.45, 7) is 5.14. The molecule has 2 amide bonds. The van der Waals surface area contributed by atoms with Gasteiger partial charge in [-0.3, -0.25) is 9.59 Å². The monoisotopic (exact) mass is 218 g/mol. The standard InChI is InChI=1S/C8H13NO4P/c1-8(2,3)13-14(12)9-6(10)4-5-7(9)11/h4-5H2,1-3H3/q+1. The number of nitrogens with zero attached hydrogens (tertiary/aromatic N) is 1. The lowest BCUT2D eigenvalue weighted by Crippen LogP contribution is -2.25. The first-order chi connectivity index (χ1) is 6.31. The van der Waals surface area contributed by atoms with E-state index in [2.05, 4.69) is 0 Å². The molecular weight excluding hydrogens is 205 g/mol. The molecule has 1 aliphatic heterocycles. The molecular formula is C8H13NO4P+. The Morgan fingerprint density at radius 3 is 2.00 bits per heavy atom. The molecule has 5 nitrogen and oxygen atoms in total. The van der Waals surface area contributed by atoms with Gasteiger partial charge in [0.25, 0.3) is 11.8 Å². The number of imide groups is 1. The van der Waals surface area contributed by atoms with Crippen LogP contribution in [0.2, 0.25) is 0 Å². The zero-order chi connectivity index (χ0) is 10.9. The van der Waals surface area contributed by atoms with Crippen molar-refractivity contribution in [1.29, 1.82) is 0 Å². The van der Waals surface area contributed by atoms with Gasteiger partial charge in [0, 0.05) is 12.8 Å². The zero-order valence-electron chi connectivity index (χ0n) is 8.44. The number of carbonyl (C=O) groups excluding carboxylic acids is 2. The van der Waals surface area contributed by atoms with Gasteiger partial charge in [0.05, 0.1) is 0 Å². The third kappa shape index (κ3) is 2.59. The molecule has 0 aromatic carbocycles. The summed E-state index contributed by atoms with van der Waals surface area (Å²) < 4.78 is 17.3. The summed E-state index contributed by atoms with van der Waals surface area (Å²) in [6.07, 6.45) is 0.265. The maximum Gasteiger partial charge on any atom is 0.656 e. The summed E-state index contributed by atoms with van der Waals surface area (Å²) in [6, 6.07) is 0. The van der Waals surface area contributed by atoms with Gasteiger partial charge in [-0.25, -0.2) is 0 Å². The van der Waals surface area contributed by atoms with Crippen molar-refractivity contribution in [2.75, 3.05) is 0 Å². The van der Waals surface area contributed by atoms with E-state index in [1.54, 1.807) is 20.8 Å². The number of amides is 2. The minimum absolute atomic E-state index is 0.132. The highest BCUT2D eigenvalue weighted by molar-refractivity contribution is 7.38. The molecule has 1 saturated heterocycles. The maximum absolute atomic E-state index is 11.5. The molecule has 1 atom stereocenters. The Kier molecular flexibility index (Phi) is 3.02. The topological polar surface area (TPSA) is 63.7 Å². The highest BCUT2D eigenvalue weighted by Gasteiger charge is 2.47. The molecule has 1 fully saturated rings. The SMILES string of the molecule is CC(C)(C)O[P+](=O)N1C(=O)CCC1=O. The van der Waals surface area contributed by atoms with Gasteiger partial charge in [-0.2, -0.15) is 0 Å². The molecule has 0 aliphatic carbocycles. The van der Waals surface area contributed by atoms with Crippen molar-refractivity contribution in [3.63, 3.8) is 0 Å². The van der Waals surface area contributed by atoms with Crippen LogP contribution in [0.3, 0.4) is 0 Å². The highest BCUT2D eigenvalue weighted by atomic mass is 31.1. The van der Waals surface area contributed by atoms with Crippen molar-refractivity contribution in [2.24, 2.45) is 0 Å². The van der Waals surface area contributed by atoms with Gasteiger partial charge < -0.3 is 0 Å². The van der Waals surface area contributed by atoms with E-state index in [4.69, 9.17) is 4.52 Å². The Hall–Kier alpha value is -0.800. The Balaban J connectivity index is 2.70. The maximum atomic E-state index is 11.5. The number of hydrogen-bond acceptors (Lipinski definition) is 4. The van der Waals surface area contributed by atoms with Crippen LogP contribution < -0.4 is 0 Å². The van der Waals surface area contributed by atoms with Crippen LogP contribution in [-0.2, 0) is 18.7 Å². The number of hydrogen-bond donors (Lipinski definition) is 0. The summed E-state index contributed by atoms with van der Waals surface area (Å²) in [5.74, 6) is -0.833. The molecule has 6 heteroatoms. The molecule has 0 radical (unpaired) electrons. The van der Waals surface area contributed by atoms with Crippen LogP contribution >= 0.6 is 8.18 Å². The Morgan fingerprint density at radius 2 is 1.64 bits per heavy atom. The van der Waals surface area contributed by atoms with E-state index >= 15 is 0 Å². The predicted octanol–water partition coefficient (Wildman–Crippen LogP) is 1.61. The average molecular weight is 218 g/mol. The first-order valence-electron chi connectivity index (χ1n) is 4.33. The van der Waals surface area contributed by atoms with Crippen LogP contribution in [0, 0.1) is 0 Å². The second kappa shape index (κ2) is 3.75. The average Bonchev–Trinajstić information content (AvgIpc) is 2.27. The second-order valence-electron chi connectivity index (χ2n) is 4.04. The highest BCUT2D eigenvalue weighted by Crippen LogP contribution is 2.37. The van der Waals surface area contributed by atoms with Gasteiger partial charge in [0.2, 0.25) is 0 Å².